The molecule has 0 aliphatic heterocycles. The van der Waals surface area contributed by atoms with Crippen LogP contribution in [0.1, 0.15) is 43.4 Å². The van der Waals surface area contributed by atoms with Crippen molar-refractivity contribution >= 4 is 11.6 Å². The molecule has 3 aromatic rings. The Bertz CT molecular complexity index is 912. The van der Waals surface area contributed by atoms with Crippen LogP contribution in [0.15, 0.2) is 48.8 Å². The van der Waals surface area contributed by atoms with Crippen LogP contribution in [0.3, 0.4) is 0 Å². The molecule has 24 heavy (non-hydrogen) atoms. The Kier molecular flexibility index (Phi) is 3.38. The summed E-state index contributed by atoms with van der Waals surface area (Å²) in [7, 11) is 0. The Morgan fingerprint density at radius 3 is 2.46 bits per heavy atom. The number of aromatic amines is 1. The summed E-state index contributed by atoms with van der Waals surface area (Å²) < 4.78 is 0. The standard InChI is InChI=1S/C21H21N3/c1-21(2,3)20-23-18(14-8-10-22-11-9-14)19(24-20)17-12-15-6-4-5-7-16(15)13-17/h4-12H,13H2,1-3H3,(H,23,24). The minimum atomic E-state index is -0.0218. The van der Waals surface area contributed by atoms with Gasteiger partial charge >= 0.3 is 0 Å². The van der Waals surface area contributed by atoms with E-state index in [1.54, 1.807) is 0 Å². The maximum atomic E-state index is 4.98. The molecule has 0 bridgehead atoms. The zero-order chi connectivity index (χ0) is 16.7. The number of allylic oxidation sites excluding steroid dienone is 1. The zero-order valence-corrected chi connectivity index (χ0v) is 14.3. The zero-order valence-electron chi connectivity index (χ0n) is 14.3. The monoisotopic (exact) mass is 315 g/mol. The summed E-state index contributed by atoms with van der Waals surface area (Å²) in [5.74, 6) is 1.01. The minimum Gasteiger partial charge on any atom is -0.341 e. The average Bonchev–Trinajstić information content (AvgIpc) is 3.19. The van der Waals surface area contributed by atoms with E-state index in [0.717, 1.165) is 29.2 Å². The van der Waals surface area contributed by atoms with Gasteiger partial charge in [0.25, 0.3) is 0 Å². The van der Waals surface area contributed by atoms with Crippen LogP contribution >= 0.6 is 0 Å². The van der Waals surface area contributed by atoms with Crippen LogP contribution in [-0.4, -0.2) is 15.0 Å². The second-order valence-corrected chi connectivity index (χ2v) is 7.34. The molecule has 0 amide bonds. The van der Waals surface area contributed by atoms with Crippen LogP contribution < -0.4 is 0 Å². The highest BCUT2D eigenvalue weighted by molar-refractivity contribution is 5.91. The molecular formula is C21H21N3. The van der Waals surface area contributed by atoms with Crippen LogP contribution in [0.2, 0.25) is 0 Å². The molecule has 120 valence electrons. The summed E-state index contributed by atoms with van der Waals surface area (Å²) in [5.41, 5.74) is 7.19. The third-order valence-electron chi connectivity index (χ3n) is 4.45. The lowest BCUT2D eigenvalue weighted by atomic mass is 9.96. The van der Waals surface area contributed by atoms with Gasteiger partial charge in [-0.2, -0.15) is 0 Å². The minimum absolute atomic E-state index is 0.0218. The van der Waals surface area contributed by atoms with E-state index in [9.17, 15) is 0 Å². The SMILES string of the molecule is CC(C)(C)c1nc(C2=Cc3ccccc3C2)c(-c2ccncc2)[nH]1. The molecule has 1 aliphatic carbocycles. The van der Waals surface area contributed by atoms with E-state index >= 15 is 0 Å². The Hall–Kier alpha value is -2.68. The number of nitrogens with zero attached hydrogens (tertiary/aromatic N) is 2. The fraction of sp³-hybridized carbons (Fsp3) is 0.238. The van der Waals surface area contributed by atoms with Gasteiger partial charge in [0.1, 0.15) is 5.82 Å². The third-order valence-corrected chi connectivity index (χ3v) is 4.45. The van der Waals surface area contributed by atoms with Gasteiger partial charge in [0, 0.05) is 29.8 Å². The number of rotatable bonds is 2. The molecule has 1 aromatic carbocycles. The largest absolute Gasteiger partial charge is 0.341 e. The number of H-pyrrole nitrogens is 1. The summed E-state index contributed by atoms with van der Waals surface area (Å²) in [6, 6.07) is 12.6. The number of nitrogens with one attached hydrogen (secondary N) is 1. The van der Waals surface area contributed by atoms with Crippen molar-refractivity contribution in [2.45, 2.75) is 32.6 Å². The fourth-order valence-corrected chi connectivity index (χ4v) is 3.12. The number of pyridine rings is 1. The van der Waals surface area contributed by atoms with Gasteiger partial charge in [-0.05, 0) is 34.9 Å². The fourth-order valence-electron chi connectivity index (χ4n) is 3.12. The van der Waals surface area contributed by atoms with Crippen LogP contribution in [0, 0.1) is 0 Å². The Balaban J connectivity index is 1.85. The van der Waals surface area contributed by atoms with E-state index in [0.29, 0.717) is 0 Å². The molecule has 1 aliphatic rings. The molecule has 3 nitrogen and oxygen atoms in total. The highest BCUT2D eigenvalue weighted by Gasteiger charge is 2.25. The van der Waals surface area contributed by atoms with Crippen LogP contribution in [-0.2, 0) is 11.8 Å². The lowest BCUT2D eigenvalue weighted by Crippen LogP contribution is -2.13. The first-order valence-electron chi connectivity index (χ1n) is 8.32. The van der Waals surface area contributed by atoms with Gasteiger partial charge < -0.3 is 4.98 Å². The lowest BCUT2D eigenvalue weighted by molar-refractivity contribution is 0.552. The molecule has 0 radical (unpaired) electrons. The van der Waals surface area contributed by atoms with E-state index in [4.69, 9.17) is 4.98 Å². The van der Waals surface area contributed by atoms with Gasteiger partial charge in [-0.3, -0.25) is 4.98 Å². The van der Waals surface area contributed by atoms with Crippen molar-refractivity contribution in [1.29, 1.82) is 0 Å². The van der Waals surface area contributed by atoms with Crippen molar-refractivity contribution in [3.05, 3.63) is 71.4 Å². The predicted octanol–water partition coefficient (Wildman–Crippen LogP) is 4.87. The summed E-state index contributed by atoms with van der Waals surface area (Å²) in [6.45, 7) is 6.55. The van der Waals surface area contributed by atoms with Crippen LogP contribution in [0.4, 0.5) is 0 Å². The van der Waals surface area contributed by atoms with Gasteiger partial charge in [0.2, 0.25) is 0 Å². The first kappa shape index (κ1) is 14.9. The van der Waals surface area contributed by atoms with Gasteiger partial charge in [-0.25, -0.2) is 4.98 Å². The first-order chi connectivity index (χ1) is 11.5. The lowest BCUT2D eigenvalue weighted by Gasteiger charge is -2.14. The van der Waals surface area contributed by atoms with E-state index in [1.807, 2.05) is 24.5 Å². The molecule has 0 fully saturated rings. The summed E-state index contributed by atoms with van der Waals surface area (Å²) in [6.07, 6.45) is 6.86. The normalized spacial score (nSPS) is 13.7. The number of hydrogen-bond acceptors (Lipinski definition) is 2. The van der Waals surface area contributed by atoms with E-state index in [1.165, 1.54) is 16.7 Å². The quantitative estimate of drug-likeness (QED) is 0.733. The summed E-state index contributed by atoms with van der Waals surface area (Å²) >= 11 is 0. The molecule has 0 atom stereocenters. The van der Waals surface area contributed by atoms with Crippen molar-refractivity contribution < 1.29 is 0 Å². The average molecular weight is 315 g/mol. The van der Waals surface area contributed by atoms with Crippen LogP contribution in [0.5, 0.6) is 0 Å². The molecular weight excluding hydrogens is 294 g/mol. The maximum Gasteiger partial charge on any atom is 0.112 e. The van der Waals surface area contributed by atoms with Crippen molar-refractivity contribution in [1.82, 2.24) is 15.0 Å². The first-order valence-corrected chi connectivity index (χ1v) is 8.32. The van der Waals surface area contributed by atoms with Crippen molar-refractivity contribution in [3.63, 3.8) is 0 Å². The van der Waals surface area contributed by atoms with Gasteiger partial charge in [-0.15, -0.1) is 0 Å². The Morgan fingerprint density at radius 1 is 1.00 bits per heavy atom. The maximum absolute atomic E-state index is 4.98. The molecule has 0 saturated heterocycles. The van der Waals surface area contributed by atoms with E-state index < -0.39 is 0 Å². The highest BCUT2D eigenvalue weighted by atomic mass is 15.0. The number of benzene rings is 1. The third kappa shape index (κ3) is 2.56. The van der Waals surface area contributed by atoms with Gasteiger partial charge in [-0.1, -0.05) is 45.0 Å². The van der Waals surface area contributed by atoms with Crippen molar-refractivity contribution in [2.24, 2.45) is 0 Å². The van der Waals surface area contributed by atoms with Crippen molar-refractivity contribution in [2.75, 3.05) is 0 Å². The molecule has 0 unspecified atom stereocenters. The molecule has 3 heteroatoms. The molecule has 1 N–H and O–H groups in total. The molecule has 4 rings (SSSR count). The second-order valence-electron chi connectivity index (χ2n) is 7.34. The number of imidazole rings is 1. The van der Waals surface area contributed by atoms with E-state index in [-0.39, 0.29) is 5.41 Å². The van der Waals surface area contributed by atoms with Gasteiger partial charge in [0.15, 0.2) is 0 Å². The van der Waals surface area contributed by atoms with Crippen LogP contribution in [0.25, 0.3) is 22.9 Å². The number of aromatic nitrogens is 3. The Labute approximate surface area is 142 Å². The topological polar surface area (TPSA) is 41.6 Å². The van der Waals surface area contributed by atoms with E-state index in [2.05, 4.69) is 61.1 Å². The molecule has 2 heterocycles. The molecule has 0 saturated carbocycles. The Morgan fingerprint density at radius 2 is 1.75 bits per heavy atom. The van der Waals surface area contributed by atoms with Gasteiger partial charge in [0.05, 0.1) is 11.4 Å². The number of hydrogen-bond donors (Lipinski definition) is 1. The predicted molar refractivity (Wildman–Crippen MR) is 98.5 cm³/mol. The summed E-state index contributed by atoms with van der Waals surface area (Å²) in [5, 5.41) is 0. The highest BCUT2D eigenvalue weighted by Crippen LogP contribution is 2.36. The molecule has 2 aromatic heterocycles. The molecule has 0 spiro atoms. The number of fused-ring (bicyclic) bond motifs is 1. The second kappa shape index (κ2) is 5.45. The summed E-state index contributed by atoms with van der Waals surface area (Å²) in [4.78, 5) is 12.7. The smallest absolute Gasteiger partial charge is 0.112 e. The van der Waals surface area contributed by atoms with Crippen molar-refractivity contribution in [3.8, 4) is 11.3 Å².